The second-order valence-electron chi connectivity index (χ2n) is 10.4. The second-order valence-corrected chi connectivity index (χ2v) is 10.4. The van der Waals surface area contributed by atoms with Crippen LogP contribution in [0.2, 0.25) is 0 Å². The Balaban J connectivity index is 1.19. The van der Waals surface area contributed by atoms with Crippen LogP contribution in [0, 0.1) is 6.92 Å². The summed E-state index contributed by atoms with van der Waals surface area (Å²) < 4.78 is 6.02. The fourth-order valence-electron chi connectivity index (χ4n) is 4.80. The van der Waals surface area contributed by atoms with Gasteiger partial charge >= 0.3 is 0 Å². The number of para-hydroxylation sites is 2. The fourth-order valence-corrected chi connectivity index (χ4v) is 4.80. The van der Waals surface area contributed by atoms with Gasteiger partial charge in [-0.15, -0.1) is 0 Å². The number of amides is 2. The second kappa shape index (κ2) is 13.1. The summed E-state index contributed by atoms with van der Waals surface area (Å²) in [5.41, 5.74) is 5.59. The Labute approximate surface area is 241 Å². The van der Waals surface area contributed by atoms with E-state index in [4.69, 9.17) is 4.74 Å². The number of carbonyl (C=O) groups is 2. The lowest BCUT2D eigenvalue weighted by molar-refractivity contribution is -0.117. The number of carbonyl (C=O) groups excluding carboxylic acids is 2. The van der Waals surface area contributed by atoms with E-state index in [9.17, 15) is 9.59 Å². The van der Waals surface area contributed by atoms with Crippen LogP contribution in [-0.4, -0.2) is 36.9 Å². The number of benzene rings is 4. The van der Waals surface area contributed by atoms with Gasteiger partial charge in [0.05, 0.1) is 12.2 Å². The molecule has 0 aromatic heterocycles. The number of ether oxygens (including phenoxy) is 1. The van der Waals surface area contributed by atoms with E-state index in [1.807, 2.05) is 85.8 Å². The van der Waals surface area contributed by atoms with E-state index in [-0.39, 0.29) is 17.6 Å². The van der Waals surface area contributed by atoms with E-state index in [1.165, 1.54) is 11.1 Å². The molecule has 0 saturated heterocycles. The molecule has 0 aliphatic carbocycles. The van der Waals surface area contributed by atoms with Crippen LogP contribution in [0.15, 0.2) is 109 Å². The zero-order valence-electron chi connectivity index (χ0n) is 23.5. The lowest BCUT2D eigenvalue weighted by atomic mass is 10.1. The third kappa shape index (κ3) is 7.29. The fraction of sp³-hybridized carbons (Fsp3) is 0.200. The molecule has 0 atom stereocenters. The van der Waals surface area contributed by atoms with Gasteiger partial charge in [0.15, 0.2) is 11.5 Å². The van der Waals surface area contributed by atoms with Gasteiger partial charge in [-0.25, -0.2) is 0 Å². The average Bonchev–Trinajstić information content (AvgIpc) is 2.99. The summed E-state index contributed by atoms with van der Waals surface area (Å²) in [6.07, 6.45) is 2.59. The van der Waals surface area contributed by atoms with Crippen molar-refractivity contribution in [2.24, 2.45) is 0 Å². The number of fused-ring (bicyclic) bond motifs is 1. The zero-order chi connectivity index (χ0) is 28.6. The molecule has 0 fully saturated rings. The number of nitrogens with one attached hydrogen (secondary N) is 1. The predicted molar refractivity (Wildman–Crippen MR) is 164 cm³/mol. The molecule has 0 bridgehead atoms. The third-order valence-corrected chi connectivity index (χ3v) is 7.06. The number of rotatable bonds is 10. The normalized spacial score (nSPS) is 13.7. The van der Waals surface area contributed by atoms with E-state index in [0.717, 1.165) is 36.3 Å². The van der Waals surface area contributed by atoms with E-state index in [0.29, 0.717) is 24.4 Å². The molecule has 1 aliphatic heterocycles. The molecule has 1 aliphatic rings. The summed E-state index contributed by atoms with van der Waals surface area (Å²) >= 11 is 0. The molecule has 6 nitrogen and oxygen atoms in total. The molecule has 0 radical (unpaired) electrons. The smallest absolute Gasteiger partial charge is 0.294 e. The van der Waals surface area contributed by atoms with Crippen molar-refractivity contribution in [3.8, 4) is 5.75 Å². The minimum atomic E-state index is -0.205. The topological polar surface area (TPSA) is 61.9 Å². The summed E-state index contributed by atoms with van der Waals surface area (Å²) in [4.78, 5) is 30.2. The molecule has 4 aromatic carbocycles. The number of nitrogens with zero attached hydrogens (tertiary/aromatic N) is 2. The van der Waals surface area contributed by atoms with Gasteiger partial charge in [-0.2, -0.15) is 0 Å². The van der Waals surface area contributed by atoms with Crippen LogP contribution in [0.25, 0.3) is 6.08 Å². The van der Waals surface area contributed by atoms with Crippen LogP contribution in [0.4, 0.5) is 5.69 Å². The molecule has 0 spiro atoms. The number of hydrogen-bond acceptors (Lipinski definition) is 4. The SMILES string of the molecule is Cc1ccc(CN2C(=O)C(=Cc3ccc(C(=O)NCCCN(C)Cc4ccccc4)cc3)Oc3ccccc32)cc1. The highest BCUT2D eigenvalue weighted by Crippen LogP contribution is 2.36. The van der Waals surface area contributed by atoms with Gasteiger partial charge in [0.1, 0.15) is 0 Å². The van der Waals surface area contributed by atoms with Crippen LogP contribution >= 0.6 is 0 Å². The quantitative estimate of drug-likeness (QED) is 0.190. The van der Waals surface area contributed by atoms with E-state index < -0.39 is 0 Å². The van der Waals surface area contributed by atoms with E-state index in [1.54, 1.807) is 23.1 Å². The summed E-state index contributed by atoms with van der Waals surface area (Å²) in [5.74, 6) is 0.560. The molecular formula is C35H35N3O3. The summed E-state index contributed by atoms with van der Waals surface area (Å²) in [5, 5.41) is 3.00. The minimum absolute atomic E-state index is 0.113. The van der Waals surface area contributed by atoms with Crippen molar-refractivity contribution in [3.05, 3.63) is 137 Å². The minimum Gasteiger partial charge on any atom is -0.449 e. The first-order valence-electron chi connectivity index (χ1n) is 13.9. The Morgan fingerprint density at radius 2 is 1.59 bits per heavy atom. The molecule has 41 heavy (non-hydrogen) atoms. The largest absolute Gasteiger partial charge is 0.449 e. The standard InChI is InChI=1S/C35H35N3O3/c1-26-13-15-29(16-14-26)25-38-31-11-6-7-12-32(31)41-33(35(38)40)23-27-17-19-30(20-18-27)34(39)36-21-8-22-37(2)24-28-9-4-3-5-10-28/h3-7,9-20,23H,8,21-22,24-25H2,1-2H3,(H,36,39). The van der Waals surface area contributed by atoms with Crippen molar-refractivity contribution in [3.63, 3.8) is 0 Å². The first-order valence-corrected chi connectivity index (χ1v) is 13.9. The predicted octanol–water partition coefficient (Wildman–Crippen LogP) is 6.21. The Bertz CT molecular complexity index is 1510. The molecular weight excluding hydrogens is 510 g/mol. The van der Waals surface area contributed by atoms with Crippen molar-refractivity contribution in [2.45, 2.75) is 26.4 Å². The number of anilines is 1. The Morgan fingerprint density at radius 1 is 0.878 bits per heavy atom. The highest BCUT2D eigenvalue weighted by molar-refractivity contribution is 6.09. The first kappa shape index (κ1) is 27.9. The van der Waals surface area contributed by atoms with Crippen LogP contribution in [0.1, 0.15) is 39.0 Å². The molecule has 5 rings (SSSR count). The molecule has 2 amide bonds. The van der Waals surface area contributed by atoms with Crippen molar-refractivity contribution >= 4 is 23.6 Å². The Kier molecular flexibility index (Phi) is 8.92. The summed E-state index contributed by atoms with van der Waals surface area (Å²) in [6.45, 7) is 4.86. The third-order valence-electron chi connectivity index (χ3n) is 7.06. The highest BCUT2D eigenvalue weighted by atomic mass is 16.5. The zero-order valence-corrected chi connectivity index (χ0v) is 23.5. The van der Waals surface area contributed by atoms with Gasteiger partial charge in [0.25, 0.3) is 11.8 Å². The Hall–Kier alpha value is -4.68. The monoisotopic (exact) mass is 545 g/mol. The van der Waals surface area contributed by atoms with Crippen LogP contribution in [-0.2, 0) is 17.9 Å². The highest BCUT2D eigenvalue weighted by Gasteiger charge is 2.30. The van der Waals surface area contributed by atoms with Crippen molar-refractivity contribution in [1.29, 1.82) is 0 Å². The molecule has 4 aromatic rings. The van der Waals surface area contributed by atoms with Gasteiger partial charge in [-0.3, -0.25) is 14.5 Å². The van der Waals surface area contributed by atoms with Crippen molar-refractivity contribution < 1.29 is 14.3 Å². The summed E-state index contributed by atoms with van der Waals surface area (Å²) in [6, 6.07) is 33.3. The van der Waals surface area contributed by atoms with Gasteiger partial charge < -0.3 is 15.0 Å². The van der Waals surface area contributed by atoms with Gasteiger partial charge in [-0.1, -0.05) is 84.4 Å². The molecule has 0 saturated carbocycles. The van der Waals surface area contributed by atoms with E-state index >= 15 is 0 Å². The van der Waals surface area contributed by atoms with Crippen LogP contribution in [0.5, 0.6) is 5.75 Å². The van der Waals surface area contributed by atoms with E-state index in [2.05, 4.69) is 29.4 Å². The van der Waals surface area contributed by atoms with Gasteiger partial charge in [0, 0.05) is 18.7 Å². The lowest BCUT2D eigenvalue weighted by Gasteiger charge is -2.30. The first-order chi connectivity index (χ1) is 20.0. The van der Waals surface area contributed by atoms with Crippen molar-refractivity contribution in [1.82, 2.24) is 10.2 Å². The maximum Gasteiger partial charge on any atom is 0.294 e. The molecule has 208 valence electrons. The van der Waals surface area contributed by atoms with Crippen LogP contribution < -0.4 is 15.0 Å². The molecule has 6 heteroatoms. The van der Waals surface area contributed by atoms with Gasteiger partial charge in [0.2, 0.25) is 0 Å². The maximum atomic E-state index is 13.5. The van der Waals surface area contributed by atoms with Crippen LogP contribution in [0.3, 0.4) is 0 Å². The van der Waals surface area contributed by atoms with Crippen molar-refractivity contribution in [2.75, 3.05) is 25.0 Å². The molecule has 1 heterocycles. The average molecular weight is 546 g/mol. The lowest BCUT2D eigenvalue weighted by Crippen LogP contribution is -2.36. The molecule has 0 unspecified atom stereocenters. The molecule has 1 N–H and O–H groups in total. The maximum absolute atomic E-state index is 13.5. The Morgan fingerprint density at radius 3 is 2.34 bits per heavy atom. The number of aryl methyl sites for hydroxylation is 1. The summed E-state index contributed by atoms with van der Waals surface area (Å²) in [7, 11) is 2.09. The number of hydrogen-bond donors (Lipinski definition) is 1. The van der Waals surface area contributed by atoms with Gasteiger partial charge in [-0.05, 0) is 74.0 Å².